The van der Waals surface area contributed by atoms with E-state index in [9.17, 15) is 9.59 Å². The molecule has 0 fully saturated rings. The third-order valence-electron chi connectivity index (χ3n) is 3.93. The molecule has 0 bridgehead atoms. The van der Waals surface area contributed by atoms with Crippen LogP contribution in [-0.4, -0.2) is 24.0 Å². The van der Waals surface area contributed by atoms with Gasteiger partial charge in [0.05, 0.1) is 10.6 Å². The monoisotopic (exact) mass is 432 g/mol. The zero-order valence-electron chi connectivity index (χ0n) is 16.0. The number of nitrogens with one attached hydrogen (secondary N) is 2. The Morgan fingerprint density at radius 2 is 1.74 bits per heavy atom. The van der Waals surface area contributed by atoms with Crippen LogP contribution in [0.4, 0.5) is 5.69 Å². The number of rotatable bonds is 7. The summed E-state index contributed by atoms with van der Waals surface area (Å²) in [6.45, 7) is 7.85. The number of halogens is 1. The van der Waals surface area contributed by atoms with E-state index >= 15 is 0 Å². The highest BCUT2D eigenvalue weighted by molar-refractivity contribution is 9.10. The van der Waals surface area contributed by atoms with Crippen molar-refractivity contribution in [1.29, 1.82) is 0 Å². The minimum atomic E-state index is -0.258. The molecule has 0 spiro atoms. The van der Waals surface area contributed by atoms with Gasteiger partial charge in [0.15, 0.2) is 0 Å². The molecule has 5 nitrogen and oxygen atoms in total. The number of ether oxygens (including phenoxy) is 1. The number of anilines is 1. The predicted molar refractivity (Wildman–Crippen MR) is 112 cm³/mol. The van der Waals surface area contributed by atoms with Crippen LogP contribution in [0.3, 0.4) is 0 Å². The average Bonchev–Trinajstić information content (AvgIpc) is 2.63. The molecule has 2 amide bonds. The van der Waals surface area contributed by atoms with Crippen molar-refractivity contribution in [2.75, 3.05) is 5.32 Å². The van der Waals surface area contributed by atoms with Gasteiger partial charge < -0.3 is 15.4 Å². The normalized spacial score (nSPS) is 11.8. The summed E-state index contributed by atoms with van der Waals surface area (Å²) >= 11 is 3.43. The van der Waals surface area contributed by atoms with Gasteiger partial charge in [0, 0.05) is 22.9 Å². The van der Waals surface area contributed by atoms with Gasteiger partial charge >= 0.3 is 0 Å². The number of hydrogen-bond donors (Lipinski definition) is 2. The molecule has 1 unspecified atom stereocenters. The topological polar surface area (TPSA) is 67.4 Å². The van der Waals surface area contributed by atoms with Crippen LogP contribution in [0.15, 0.2) is 46.9 Å². The molecule has 1 atom stereocenters. The van der Waals surface area contributed by atoms with Crippen molar-refractivity contribution in [1.82, 2.24) is 5.32 Å². The Morgan fingerprint density at radius 3 is 2.37 bits per heavy atom. The molecule has 0 radical (unpaired) electrons. The van der Waals surface area contributed by atoms with Crippen molar-refractivity contribution >= 4 is 33.4 Å². The smallest absolute Gasteiger partial charge is 0.255 e. The lowest BCUT2D eigenvalue weighted by Crippen LogP contribution is -2.31. The van der Waals surface area contributed by atoms with E-state index in [4.69, 9.17) is 4.74 Å². The lowest BCUT2D eigenvalue weighted by molar-refractivity contribution is 0.0938. The SMILES string of the molecule is CCC(C)NC(=O)c1cccc(NC(=O)c2ccc(OC(C)C)c(Br)c2)c1. The van der Waals surface area contributed by atoms with E-state index in [0.29, 0.717) is 27.0 Å². The highest BCUT2D eigenvalue weighted by atomic mass is 79.9. The van der Waals surface area contributed by atoms with Gasteiger partial charge in [-0.1, -0.05) is 13.0 Å². The van der Waals surface area contributed by atoms with Gasteiger partial charge in [0.25, 0.3) is 11.8 Å². The lowest BCUT2D eigenvalue weighted by atomic mass is 10.1. The van der Waals surface area contributed by atoms with E-state index < -0.39 is 0 Å². The maximum Gasteiger partial charge on any atom is 0.255 e. The molecule has 2 rings (SSSR count). The van der Waals surface area contributed by atoms with Crippen LogP contribution < -0.4 is 15.4 Å². The Bertz CT molecular complexity index is 821. The zero-order valence-corrected chi connectivity index (χ0v) is 17.6. The van der Waals surface area contributed by atoms with Crippen molar-refractivity contribution in [2.45, 2.75) is 46.3 Å². The Kier molecular flexibility index (Phi) is 7.42. The zero-order chi connectivity index (χ0) is 20.0. The van der Waals surface area contributed by atoms with Crippen LogP contribution in [0.25, 0.3) is 0 Å². The first-order valence-corrected chi connectivity index (χ1v) is 9.78. The van der Waals surface area contributed by atoms with Crippen LogP contribution in [0, 0.1) is 0 Å². The Morgan fingerprint density at radius 1 is 1.04 bits per heavy atom. The summed E-state index contributed by atoms with van der Waals surface area (Å²) in [6, 6.07) is 12.2. The Hall–Kier alpha value is -2.34. The summed E-state index contributed by atoms with van der Waals surface area (Å²) in [6.07, 6.45) is 0.901. The van der Waals surface area contributed by atoms with Crippen LogP contribution in [-0.2, 0) is 0 Å². The van der Waals surface area contributed by atoms with E-state index in [1.165, 1.54) is 0 Å². The van der Waals surface area contributed by atoms with Gasteiger partial charge in [-0.15, -0.1) is 0 Å². The number of hydrogen-bond acceptors (Lipinski definition) is 3. The fourth-order valence-corrected chi connectivity index (χ4v) is 2.81. The Labute approximate surface area is 168 Å². The van der Waals surface area contributed by atoms with Crippen molar-refractivity contribution in [3.05, 3.63) is 58.1 Å². The second-order valence-corrected chi connectivity index (χ2v) is 7.48. The Balaban J connectivity index is 2.11. The molecular weight excluding hydrogens is 408 g/mol. The summed E-state index contributed by atoms with van der Waals surface area (Å²) in [7, 11) is 0. The molecule has 0 saturated carbocycles. The average molecular weight is 433 g/mol. The minimum absolute atomic E-state index is 0.0466. The van der Waals surface area contributed by atoms with E-state index in [1.807, 2.05) is 27.7 Å². The molecular formula is C21H25BrN2O3. The van der Waals surface area contributed by atoms with Crippen molar-refractivity contribution in [2.24, 2.45) is 0 Å². The van der Waals surface area contributed by atoms with Crippen LogP contribution >= 0.6 is 15.9 Å². The van der Waals surface area contributed by atoms with Gasteiger partial charge in [-0.3, -0.25) is 9.59 Å². The first kappa shape index (κ1) is 21.0. The molecule has 2 N–H and O–H groups in total. The molecule has 2 aromatic carbocycles. The van der Waals surface area contributed by atoms with E-state index in [0.717, 1.165) is 6.42 Å². The quantitative estimate of drug-likeness (QED) is 0.645. The third kappa shape index (κ3) is 6.10. The number of carbonyl (C=O) groups excluding carboxylic acids is 2. The fourth-order valence-electron chi connectivity index (χ4n) is 2.34. The van der Waals surface area contributed by atoms with Crippen molar-refractivity contribution < 1.29 is 14.3 Å². The standard InChI is InChI=1S/C21H25BrN2O3/c1-5-14(4)23-20(25)15-7-6-8-17(11-15)24-21(26)16-9-10-19(18(22)12-16)27-13(2)3/h6-14H,5H2,1-4H3,(H,23,25)(H,24,26). The maximum absolute atomic E-state index is 12.5. The van der Waals surface area contributed by atoms with E-state index in [2.05, 4.69) is 26.6 Å². The minimum Gasteiger partial charge on any atom is -0.490 e. The molecule has 6 heteroatoms. The summed E-state index contributed by atoms with van der Waals surface area (Å²) < 4.78 is 6.37. The molecule has 0 aliphatic rings. The maximum atomic E-state index is 12.5. The largest absolute Gasteiger partial charge is 0.490 e. The number of carbonyl (C=O) groups is 2. The first-order valence-electron chi connectivity index (χ1n) is 8.98. The highest BCUT2D eigenvalue weighted by Gasteiger charge is 2.13. The molecule has 0 aliphatic carbocycles. The van der Waals surface area contributed by atoms with E-state index in [-0.39, 0.29) is 24.0 Å². The van der Waals surface area contributed by atoms with Crippen LogP contribution in [0.2, 0.25) is 0 Å². The van der Waals surface area contributed by atoms with Gasteiger partial charge in [-0.2, -0.15) is 0 Å². The van der Waals surface area contributed by atoms with Gasteiger partial charge in [-0.05, 0) is 79.5 Å². The van der Waals surface area contributed by atoms with Gasteiger partial charge in [-0.25, -0.2) is 0 Å². The van der Waals surface area contributed by atoms with Gasteiger partial charge in [0.2, 0.25) is 0 Å². The molecule has 0 aromatic heterocycles. The fraction of sp³-hybridized carbons (Fsp3) is 0.333. The third-order valence-corrected chi connectivity index (χ3v) is 4.55. The highest BCUT2D eigenvalue weighted by Crippen LogP contribution is 2.27. The summed E-state index contributed by atoms with van der Waals surface area (Å²) in [5, 5.41) is 5.74. The van der Waals surface area contributed by atoms with Crippen LogP contribution in [0.1, 0.15) is 54.8 Å². The van der Waals surface area contributed by atoms with Gasteiger partial charge in [0.1, 0.15) is 5.75 Å². The summed E-state index contributed by atoms with van der Waals surface area (Å²) in [5.74, 6) is 0.273. The predicted octanol–water partition coefficient (Wildman–Crippen LogP) is 5.02. The second-order valence-electron chi connectivity index (χ2n) is 6.63. The molecule has 144 valence electrons. The first-order chi connectivity index (χ1) is 12.8. The van der Waals surface area contributed by atoms with Crippen molar-refractivity contribution in [3.8, 4) is 5.75 Å². The second kappa shape index (κ2) is 9.55. The number of amides is 2. The van der Waals surface area contributed by atoms with E-state index in [1.54, 1.807) is 42.5 Å². The van der Waals surface area contributed by atoms with Crippen LogP contribution in [0.5, 0.6) is 5.75 Å². The lowest BCUT2D eigenvalue weighted by Gasteiger charge is -2.13. The summed E-state index contributed by atoms with van der Waals surface area (Å²) in [5.41, 5.74) is 1.57. The molecule has 27 heavy (non-hydrogen) atoms. The summed E-state index contributed by atoms with van der Waals surface area (Å²) in [4.78, 5) is 24.8. The molecule has 0 saturated heterocycles. The molecule has 2 aromatic rings. The molecule has 0 heterocycles. The number of benzene rings is 2. The molecule has 0 aliphatic heterocycles. The van der Waals surface area contributed by atoms with Crippen molar-refractivity contribution in [3.63, 3.8) is 0 Å².